The van der Waals surface area contributed by atoms with Gasteiger partial charge in [0.25, 0.3) is 5.19 Å². The lowest BCUT2D eigenvalue weighted by atomic mass is 10.3. The number of halogens is 1. The van der Waals surface area contributed by atoms with Gasteiger partial charge in [0, 0.05) is 5.54 Å². The SMILES string of the molecule is ClC=CCOc1nc2ccccc2s1. The third kappa shape index (κ3) is 2.05. The maximum absolute atomic E-state index is 5.37. The molecule has 0 saturated heterocycles. The Morgan fingerprint density at radius 3 is 3.07 bits per heavy atom. The molecular formula is C10H8ClNOS. The van der Waals surface area contributed by atoms with Crippen LogP contribution < -0.4 is 4.74 Å². The fourth-order valence-corrected chi connectivity index (χ4v) is 1.97. The number of nitrogens with zero attached hydrogens (tertiary/aromatic N) is 1. The zero-order valence-electron chi connectivity index (χ0n) is 7.31. The second-order valence-electron chi connectivity index (χ2n) is 2.62. The number of hydrogen-bond donors (Lipinski definition) is 0. The fraction of sp³-hybridized carbons (Fsp3) is 0.100. The van der Waals surface area contributed by atoms with E-state index in [1.165, 1.54) is 16.9 Å². The van der Waals surface area contributed by atoms with E-state index in [9.17, 15) is 0 Å². The first-order chi connectivity index (χ1) is 6.90. The van der Waals surface area contributed by atoms with Crippen molar-refractivity contribution in [3.63, 3.8) is 0 Å². The molecule has 1 heterocycles. The molecule has 2 rings (SSSR count). The highest BCUT2D eigenvalue weighted by molar-refractivity contribution is 7.20. The van der Waals surface area contributed by atoms with Crippen LogP contribution in [0.1, 0.15) is 0 Å². The van der Waals surface area contributed by atoms with Gasteiger partial charge in [-0.25, -0.2) is 4.98 Å². The van der Waals surface area contributed by atoms with Crippen LogP contribution in [0.25, 0.3) is 10.2 Å². The van der Waals surface area contributed by atoms with E-state index in [2.05, 4.69) is 4.98 Å². The van der Waals surface area contributed by atoms with Crippen molar-refractivity contribution in [2.45, 2.75) is 0 Å². The van der Waals surface area contributed by atoms with Gasteiger partial charge >= 0.3 is 0 Å². The minimum Gasteiger partial charge on any atom is -0.466 e. The van der Waals surface area contributed by atoms with Crippen LogP contribution in [0, 0.1) is 0 Å². The average molecular weight is 226 g/mol. The number of para-hydroxylation sites is 1. The highest BCUT2D eigenvalue weighted by Gasteiger charge is 2.01. The third-order valence-electron chi connectivity index (χ3n) is 1.67. The molecule has 0 radical (unpaired) electrons. The van der Waals surface area contributed by atoms with Gasteiger partial charge in [-0.3, -0.25) is 0 Å². The molecule has 0 N–H and O–H groups in total. The van der Waals surface area contributed by atoms with Crippen LogP contribution in [0.2, 0.25) is 0 Å². The maximum atomic E-state index is 5.37. The van der Waals surface area contributed by atoms with Crippen molar-refractivity contribution >= 4 is 33.2 Å². The Kier molecular flexibility index (Phi) is 3.01. The molecule has 0 unspecified atom stereocenters. The Balaban J connectivity index is 2.18. The van der Waals surface area contributed by atoms with Crippen LogP contribution >= 0.6 is 22.9 Å². The standard InChI is InChI=1S/C10H8ClNOS/c11-6-3-7-13-10-12-8-4-1-2-5-9(8)14-10/h1-6H,7H2. The molecule has 72 valence electrons. The van der Waals surface area contributed by atoms with E-state index in [0.717, 1.165) is 10.2 Å². The van der Waals surface area contributed by atoms with Crippen LogP contribution in [-0.4, -0.2) is 11.6 Å². The van der Waals surface area contributed by atoms with Crippen LogP contribution in [-0.2, 0) is 0 Å². The Bertz CT molecular complexity index is 419. The Hall–Kier alpha value is -1.06. The molecule has 2 aromatic rings. The van der Waals surface area contributed by atoms with Gasteiger partial charge in [0.15, 0.2) is 0 Å². The predicted molar refractivity (Wildman–Crippen MR) is 60.1 cm³/mol. The van der Waals surface area contributed by atoms with Crippen molar-refractivity contribution in [1.29, 1.82) is 0 Å². The van der Waals surface area contributed by atoms with Crippen molar-refractivity contribution in [3.05, 3.63) is 35.9 Å². The monoisotopic (exact) mass is 225 g/mol. The molecule has 0 amide bonds. The van der Waals surface area contributed by atoms with Gasteiger partial charge in [-0.15, -0.1) is 0 Å². The van der Waals surface area contributed by atoms with Gasteiger partial charge in [-0.05, 0) is 18.2 Å². The summed E-state index contributed by atoms with van der Waals surface area (Å²) in [4.78, 5) is 4.30. The molecule has 14 heavy (non-hydrogen) atoms. The molecule has 0 atom stereocenters. The number of thiazole rings is 1. The summed E-state index contributed by atoms with van der Waals surface area (Å²) in [6, 6.07) is 7.95. The molecular weight excluding hydrogens is 218 g/mol. The Labute approximate surface area is 90.8 Å². The second-order valence-corrected chi connectivity index (χ2v) is 3.87. The van der Waals surface area contributed by atoms with Crippen molar-refractivity contribution < 1.29 is 4.74 Å². The van der Waals surface area contributed by atoms with Crippen LogP contribution in [0.15, 0.2) is 35.9 Å². The summed E-state index contributed by atoms with van der Waals surface area (Å²) in [5, 5.41) is 0.681. The highest BCUT2D eigenvalue weighted by atomic mass is 35.5. The molecule has 4 heteroatoms. The van der Waals surface area contributed by atoms with Crippen LogP contribution in [0.5, 0.6) is 5.19 Å². The smallest absolute Gasteiger partial charge is 0.274 e. The molecule has 1 aromatic carbocycles. The molecule has 1 aromatic heterocycles. The highest BCUT2D eigenvalue weighted by Crippen LogP contribution is 2.27. The quantitative estimate of drug-likeness (QED) is 0.799. The first-order valence-electron chi connectivity index (χ1n) is 4.14. The van der Waals surface area contributed by atoms with Gasteiger partial charge in [0.2, 0.25) is 0 Å². The van der Waals surface area contributed by atoms with Crippen molar-refractivity contribution in [2.75, 3.05) is 6.61 Å². The Morgan fingerprint density at radius 2 is 2.29 bits per heavy atom. The molecule has 0 aliphatic heterocycles. The van der Waals surface area contributed by atoms with Gasteiger partial charge in [-0.2, -0.15) is 0 Å². The topological polar surface area (TPSA) is 22.1 Å². The first-order valence-corrected chi connectivity index (χ1v) is 5.39. The summed E-state index contributed by atoms with van der Waals surface area (Å²) >= 11 is 6.91. The number of fused-ring (bicyclic) bond motifs is 1. The lowest BCUT2D eigenvalue weighted by molar-refractivity contribution is 0.361. The number of aromatic nitrogens is 1. The van der Waals surface area contributed by atoms with E-state index in [0.29, 0.717) is 11.8 Å². The Morgan fingerprint density at radius 1 is 1.43 bits per heavy atom. The lowest BCUT2D eigenvalue weighted by Crippen LogP contribution is -1.91. The summed E-state index contributed by atoms with van der Waals surface area (Å²) in [5.41, 5.74) is 2.41. The van der Waals surface area contributed by atoms with E-state index in [1.807, 2.05) is 24.3 Å². The second kappa shape index (κ2) is 4.44. The number of ether oxygens (including phenoxy) is 1. The summed E-state index contributed by atoms with van der Waals surface area (Å²) in [6.45, 7) is 0.462. The van der Waals surface area contributed by atoms with E-state index in [1.54, 1.807) is 6.08 Å². The van der Waals surface area contributed by atoms with Crippen LogP contribution in [0.4, 0.5) is 0 Å². The van der Waals surface area contributed by atoms with E-state index in [4.69, 9.17) is 16.3 Å². The minimum atomic E-state index is 0.462. The normalized spacial score (nSPS) is 11.2. The van der Waals surface area contributed by atoms with Gasteiger partial charge < -0.3 is 4.74 Å². The summed E-state index contributed by atoms with van der Waals surface area (Å²) in [7, 11) is 0. The lowest BCUT2D eigenvalue weighted by Gasteiger charge is -1.93. The van der Waals surface area contributed by atoms with Crippen molar-refractivity contribution in [3.8, 4) is 5.19 Å². The maximum Gasteiger partial charge on any atom is 0.274 e. The van der Waals surface area contributed by atoms with Gasteiger partial charge in [-0.1, -0.05) is 35.1 Å². The fourth-order valence-electron chi connectivity index (χ4n) is 1.07. The molecule has 0 spiro atoms. The zero-order chi connectivity index (χ0) is 9.80. The van der Waals surface area contributed by atoms with E-state index < -0.39 is 0 Å². The van der Waals surface area contributed by atoms with Crippen molar-refractivity contribution in [1.82, 2.24) is 4.98 Å². The summed E-state index contributed by atoms with van der Waals surface area (Å²) in [6.07, 6.45) is 1.73. The molecule has 2 nitrogen and oxygen atoms in total. The summed E-state index contributed by atoms with van der Waals surface area (Å²) < 4.78 is 6.50. The molecule has 0 saturated carbocycles. The third-order valence-corrected chi connectivity index (χ3v) is 2.79. The first kappa shape index (κ1) is 9.49. The molecule has 0 bridgehead atoms. The number of benzene rings is 1. The summed E-state index contributed by atoms with van der Waals surface area (Å²) in [5.74, 6) is 0. The van der Waals surface area contributed by atoms with Crippen LogP contribution in [0.3, 0.4) is 0 Å². The zero-order valence-corrected chi connectivity index (χ0v) is 8.89. The predicted octanol–water partition coefficient (Wildman–Crippen LogP) is 3.43. The average Bonchev–Trinajstić information content (AvgIpc) is 2.60. The molecule has 0 fully saturated rings. The largest absolute Gasteiger partial charge is 0.466 e. The van der Waals surface area contributed by atoms with E-state index in [-0.39, 0.29) is 0 Å². The van der Waals surface area contributed by atoms with Gasteiger partial charge in [0.1, 0.15) is 6.61 Å². The molecule has 0 aliphatic rings. The number of hydrogen-bond acceptors (Lipinski definition) is 3. The van der Waals surface area contributed by atoms with Crippen molar-refractivity contribution in [2.24, 2.45) is 0 Å². The molecule has 0 aliphatic carbocycles. The van der Waals surface area contributed by atoms with E-state index >= 15 is 0 Å². The van der Waals surface area contributed by atoms with Gasteiger partial charge in [0.05, 0.1) is 10.2 Å². The number of rotatable bonds is 3. The minimum absolute atomic E-state index is 0.462.